The summed E-state index contributed by atoms with van der Waals surface area (Å²) in [6.07, 6.45) is 0. The molecule has 0 aliphatic heterocycles. The summed E-state index contributed by atoms with van der Waals surface area (Å²) in [6.45, 7) is 6.15. The zero-order chi connectivity index (χ0) is 26.7. The molecule has 5 rings (SSSR count). The van der Waals surface area contributed by atoms with Gasteiger partial charge < -0.3 is 10.2 Å². The lowest BCUT2D eigenvalue weighted by atomic mass is 10.0. The molecule has 1 aromatic carbocycles. The minimum Gasteiger partial charge on any atom is -0.349 e. The fourth-order valence-electron chi connectivity index (χ4n) is 4.84. The molecule has 1 N–H and O–H groups in total. The number of hydrogen-bond donors (Lipinski definition) is 1. The molecule has 190 valence electrons. The Labute approximate surface area is 224 Å². The monoisotopic (exact) mass is 500 g/mol. The molecule has 38 heavy (non-hydrogen) atoms. The summed E-state index contributed by atoms with van der Waals surface area (Å²) in [7, 11) is 0. The van der Waals surface area contributed by atoms with Crippen molar-refractivity contribution >= 4 is 11.8 Å². The Kier molecular flexibility index (Phi) is 6.97. The molecule has 4 heteroatoms. The molecule has 4 aliphatic carbocycles. The number of hydrogen-bond acceptors (Lipinski definition) is 2. The van der Waals surface area contributed by atoms with Crippen LogP contribution in [0.4, 0.5) is 0 Å². The minimum atomic E-state index is -0.826. The Balaban J connectivity index is 1.65. The highest BCUT2D eigenvalue weighted by atomic mass is 16.2. The van der Waals surface area contributed by atoms with Crippen molar-refractivity contribution in [2.24, 2.45) is 0 Å². The van der Waals surface area contributed by atoms with Crippen molar-refractivity contribution in [1.82, 2.24) is 10.2 Å². The molecule has 0 radical (unpaired) electrons. The summed E-state index contributed by atoms with van der Waals surface area (Å²) < 4.78 is 0. The number of nitrogens with one attached hydrogen (secondary N) is 1. The summed E-state index contributed by atoms with van der Waals surface area (Å²) in [4.78, 5) is 30.0. The maximum Gasteiger partial charge on any atom is 0.255 e. The van der Waals surface area contributed by atoms with Crippen LogP contribution in [-0.2, 0) is 11.3 Å². The second-order valence-corrected chi connectivity index (χ2v) is 10.7. The molecular formula is C34H32N2O2. The normalized spacial score (nSPS) is 12.3. The first kappa shape index (κ1) is 25.2. The average Bonchev–Trinajstić information content (AvgIpc) is 3.38. The molecule has 4 aliphatic rings. The smallest absolute Gasteiger partial charge is 0.255 e. The first-order valence-electron chi connectivity index (χ1n) is 12.9. The Morgan fingerprint density at radius 3 is 1.76 bits per heavy atom. The number of nitrogens with zero attached hydrogens (tertiary/aromatic N) is 1. The van der Waals surface area contributed by atoms with Crippen LogP contribution in [0.5, 0.6) is 0 Å². The van der Waals surface area contributed by atoms with Gasteiger partial charge in [0.15, 0.2) is 0 Å². The van der Waals surface area contributed by atoms with Crippen LogP contribution in [0.2, 0.25) is 0 Å². The van der Waals surface area contributed by atoms with Gasteiger partial charge in [-0.2, -0.15) is 0 Å². The number of amides is 2. The molecule has 0 saturated heterocycles. The highest BCUT2D eigenvalue weighted by Crippen LogP contribution is 2.32. The van der Waals surface area contributed by atoms with Gasteiger partial charge in [-0.25, -0.2) is 0 Å². The third-order valence-corrected chi connectivity index (χ3v) is 6.60. The molecule has 0 aromatic heterocycles. The first-order valence-corrected chi connectivity index (χ1v) is 12.9. The predicted octanol–water partition coefficient (Wildman–Crippen LogP) is 7.19. The van der Waals surface area contributed by atoms with E-state index in [1.807, 2.05) is 136 Å². The third kappa shape index (κ3) is 5.60. The number of benzene rings is 1. The van der Waals surface area contributed by atoms with Gasteiger partial charge in [0.1, 0.15) is 6.04 Å². The van der Waals surface area contributed by atoms with Crippen LogP contribution in [0.15, 0.2) is 115 Å². The van der Waals surface area contributed by atoms with Gasteiger partial charge in [0.2, 0.25) is 5.91 Å². The van der Waals surface area contributed by atoms with Crippen LogP contribution in [0.25, 0.3) is 22.3 Å². The van der Waals surface area contributed by atoms with Crippen LogP contribution < -0.4 is 5.32 Å². The van der Waals surface area contributed by atoms with Gasteiger partial charge in [0.05, 0.1) is 0 Å². The summed E-state index contributed by atoms with van der Waals surface area (Å²) in [6, 6.07) is 36.8. The minimum absolute atomic E-state index is 0.188. The Morgan fingerprint density at radius 2 is 1.21 bits per heavy atom. The zero-order valence-corrected chi connectivity index (χ0v) is 22.0. The maximum absolute atomic E-state index is 14.3. The molecule has 1 atom stereocenters. The molecule has 1 unspecified atom stereocenters. The fraction of sp³-hybridized carbons (Fsp3) is 0.176. The average molecular weight is 501 g/mol. The van der Waals surface area contributed by atoms with Gasteiger partial charge in [0.25, 0.3) is 5.91 Å². The van der Waals surface area contributed by atoms with Crippen LogP contribution in [0.3, 0.4) is 0 Å². The topological polar surface area (TPSA) is 49.4 Å². The van der Waals surface area contributed by atoms with Crippen molar-refractivity contribution in [2.45, 2.75) is 38.9 Å². The lowest BCUT2D eigenvalue weighted by Crippen LogP contribution is -2.49. The molecule has 0 bridgehead atoms. The van der Waals surface area contributed by atoms with E-state index in [9.17, 15) is 9.59 Å². The molecule has 1 aromatic rings. The fourth-order valence-corrected chi connectivity index (χ4v) is 4.84. The standard InChI is InChI=1S/C34H32N2O2/c1-34(2,3)35-32(37)31(27-19-17-25-15-10-16-26(25)18-20-27)36(23-24-11-6-4-7-12-24)33(38)30-21-28-13-8-5-9-14-29(28)22-30/h4-22,31H,23H2,1-3H3,(H,35,37). The lowest BCUT2D eigenvalue weighted by molar-refractivity contribution is -0.127. The predicted molar refractivity (Wildman–Crippen MR) is 153 cm³/mol. The van der Waals surface area contributed by atoms with Gasteiger partial charge in [0, 0.05) is 17.6 Å². The van der Waals surface area contributed by atoms with Crippen molar-refractivity contribution in [2.75, 3.05) is 0 Å². The lowest BCUT2D eigenvalue weighted by Gasteiger charge is -2.33. The highest BCUT2D eigenvalue weighted by molar-refractivity contribution is 6.00. The summed E-state index contributed by atoms with van der Waals surface area (Å²) in [5, 5.41) is 3.13. The maximum atomic E-state index is 14.3. The Bertz CT molecular complexity index is 1440. The SMILES string of the molecule is CC(C)(C)NC(=O)C(c1ccc2cccc-2cc1)N(Cc1ccccc1)C(=O)c1cc2cccccc-2c1. The van der Waals surface area contributed by atoms with Crippen LogP contribution >= 0.6 is 0 Å². The Morgan fingerprint density at radius 1 is 0.684 bits per heavy atom. The van der Waals surface area contributed by atoms with E-state index in [0.29, 0.717) is 12.1 Å². The Hall–Kier alpha value is -4.44. The van der Waals surface area contributed by atoms with E-state index in [0.717, 1.165) is 33.4 Å². The summed E-state index contributed by atoms with van der Waals surface area (Å²) in [5.74, 6) is -0.401. The van der Waals surface area contributed by atoms with E-state index in [1.54, 1.807) is 4.90 Å². The van der Waals surface area contributed by atoms with Crippen LogP contribution in [0, 0.1) is 0 Å². The molecule has 0 fully saturated rings. The van der Waals surface area contributed by atoms with E-state index >= 15 is 0 Å². The summed E-state index contributed by atoms with van der Waals surface area (Å²) in [5.41, 5.74) is 5.96. The number of carbonyl (C=O) groups is 2. The van der Waals surface area contributed by atoms with E-state index in [1.165, 1.54) is 0 Å². The molecule has 0 heterocycles. The van der Waals surface area contributed by atoms with E-state index in [2.05, 4.69) is 5.32 Å². The second-order valence-electron chi connectivity index (χ2n) is 10.7. The number of rotatable bonds is 6. The zero-order valence-electron chi connectivity index (χ0n) is 22.0. The molecule has 0 spiro atoms. The highest BCUT2D eigenvalue weighted by Gasteiger charge is 2.34. The summed E-state index contributed by atoms with van der Waals surface area (Å²) >= 11 is 0. The quantitative estimate of drug-likeness (QED) is 0.268. The molecule has 4 nitrogen and oxygen atoms in total. The van der Waals surface area contributed by atoms with Gasteiger partial charge in [-0.05, 0) is 66.3 Å². The van der Waals surface area contributed by atoms with E-state index in [-0.39, 0.29) is 11.8 Å². The largest absolute Gasteiger partial charge is 0.349 e. The second kappa shape index (κ2) is 10.5. The van der Waals surface area contributed by atoms with E-state index < -0.39 is 11.6 Å². The van der Waals surface area contributed by atoms with Crippen molar-refractivity contribution in [3.63, 3.8) is 0 Å². The third-order valence-electron chi connectivity index (χ3n) is 6.60. The first-order chi connectivity index (χ1) is 18.3. The molecular weight excluding hydrogens is 468 g/mol. The van der Waals surface area contributed by atoms with Gasteiger partial charge in [-0.15, -0.1) is 0 Å². The van der Waals surface area contributed by atoms with Crippen molar-refractivity contribution in [3.8, 4) is 22.3 Å². The molecule has 2 amide bonds. The van der Waals surface area contributed by atoms with Crippen LogP contribution in [-0.4, -0.2) is 22.3 Å². The van der Waals surface area contributed by atoms with E-state index in [4.69, 9.17) is 0 Å². The van der Waals surface area contributed by atoms with Gasteiger partial charge >= 0.3 is 0 Å². The number of fused-ring (bicyclic) bond motifs is 2. The van der Waals surface area contributed by atoms with Crippen molar-refractivity contribution < 1.29 is 9.59 Å². The van der Waals surface area contributed by atoms with Crippen molar-refractivity contribution in [1.29, 1.82) is 0 Å². The number of carbonyl (C=O) groups excluding carboxylic acids is 2. The van der Waals surface area contributed by atoms with Gasteiger partial charge in [-0.1, -0.05) is 103 Å². The van der Waals surface area contributed by atoms with Crippen molar-refractivity contribution in [3.05, 3.63) is 132 Å². The van der Waals surface area contributed by atoms with Gasteiger partial charge in [-0.3, -0.25) is 9.59 Å². The molecule has 0 saturated carbocycles. The van der Waals surface area contributed by atoms with Crippen LogP contribution in [0.1, 0.15) is 48.3 Å².